The Kier molecular flexibility index (Phi) is 8.74. The highest BCUT2D eigenvalue weighted by atomic mass is 16.2. The Bertz CT molecular complexity index is 424. The van der Waals surface area contributed by atoms with Crippen LogP contribution in [0.1, 0.15) is 47.0 Å². The van der Waals surface area contributed by atoms with Crippen LogP contribution in [0.15, 0.2) is 4.99 Å². The molecule has 24 heavy (non-hydrogen) atoms. The van der Waals surface area contributed by atoms with Crippen molar-refractivity contribution in [3.63, 3.8) is 0 Å². The van der Waals surface area contributed by atoms with E-state index in [1.165, 1.54) is 4.90 Å². The molecule has 1 fully saturated rings. The molecule has 1 heterocycles. The highest BCUT2D eigenvalue weighted by Gasteiger charge is 2.25. The lowest BCUT2D eigenvalue weighted by molar-refractivity contribution is -0.147. The first kappa shape index (κ1) is 20.4. The molecule has 0 aromatic carbocycles. The first-order chi connectivity index (χ1) is 11.4. The van der Waals surface area contributed by atoms with Crippen molar-refractivity contribution in [2.75, 3.05) is 33.2 Å². The second-order valence-corrected chi connectivity index (χ2v) is 6.64. The average Bonchev–Trinajstić information content (AvgIpc) is 2.51. The van der Waals surface area contributed by atoms with Crippen molar-refractivity contribution < 1.29 is 9.59 Å². The Hall–Kier alpha value is -1.63. The number of aliphatic imine (C=N–C) groups is 1. The number of carbonyl (C=O) groups is 2. The number of guanidine groups is 1. The van der Waals surface area contributed by atoms with E-state index < -0.39 is 0 Å². The first-order valence-electron chi connectivity index (χ1n) is 8.90. The fourth-order valence-corrected chi connectivity index (χ4v) is 2.97. The van der Waals surface area contributed by atoms with E-state index in [-0.39, 0.29) is 11.8 Å². The van der Waals surface area contributed by atoms with E-state index in [0.717, 1.165) is 13.1 Å². The molecule has 0 aromatic rings. The predicted octanol–water partition coefficient (Wildman–Crippen LogP) is 0.809. The van der Waals surface area contributed by atoms with E-state index in [0.29, 0.717) is 50.4 Å². The van der Waals surface area contributed by atoms with Gasteiger partial charge < -0.3 is 10.6 Å². The van der Waals surface area contributed by atoms with Gasteiger partial charge in [-0.25, -0.2) is 0 Å². The van der Waals surface area contributed by atoms with Gasteiger partial charge in [0, 0.05) is 58.2 Å². The minimum atomic E-state index is -0.0690. The number of carbonyl (C=O) groups excluding carboxylic acids is 2. The van der Waals surface area contributed by atoms with Crippen LogP contribution in [0.2, 0.25) is 0 Å². The number of imide groups is 1. The third-order valence-corrected chi connectivity index (χ3v) is 4.22. The van der Waals surface area contributed by atoms with Crippen molar-refractivity contribution >= 4 is 17.8 Å². The third-order valence-electron chi connectivity index (χ3n) is 4.22. The second-order valence-electron chi connectivity index (χ2n) is 6.64. The number of hydrogen-bond donors (Lipinski definition) is 2. The number of rotatable bonds is 8. The normalized spacial score (nSPS) is 16.5. The summed E-state index contributed by atoms with van der Waals surface area (Å²) < 4.78 is 0. The summed E-state index contributed by atoms with van der Waals surface area (Å²) in [5, 5.41) is 6.44. The average molecular weight is 339 g/mol. The van der Waals surface area contributed by atoms with E-state index >= 15 is 0 Å². The number of piperidine rings is 1. The fraction of sp³-hybridized carbons (Fsp3) is 0.824. The van der Waals surface area contributed by atoms with Crippen LogP contribution in [0.25, 0.3) is 0 Å². The van der Waals surface area contributed by atoms with E-state index in [9.17, 15) is 9.59 Å². The van der Waals surface area contributed by atoms with Crippen molar-refractivity contribution in [1.29, 1.82) is 0 Å². The predicted molar refractivity (Wildman–Crippen MR) is 96.9 cm³/mol. The van der Waals surface area contributed by atoms with Gasteiger partial charge in [-0.15, -0.1) is 0 Å². The molecule has 2 amide bonds. The molecule has 0 bridgehead atoms. The van der Waals surface area contributed by atoms with Crippen LogP contribution >= 0.6 is 0 Å². The first-order valence-corrected chi connectivity index (χ1v) is 8.90. The molecular weight excluding hydrogens is 306 g/mol. The lowest BCUT2D eigenvalue weighted by atomic mass is 10.1. The van der Waals surface area contributed by atoms with E-state index in [1.54, 1.807) is 7.05 Å². The number of nitrogens with one attached hydrogen (secondary N) is 2. The molecule has 0 spiro atoms. The molecule has 1 saturated heterocycles. The van der Waals surface area contributed by atoms with Crippen LogP contribution in [-0.2, 0) is 9.59 Å². The quantitative estimate of drug-likeness (QED) is 0.389. The van der Waals surface area contributed by atoms with Gasteiger partial charge in [0.25, 0.3) is 0 Å². The van der Waals surface area contributed by atoms with Gasteiger partial charge in [0.05, 0.1) is 0 Å². The smallest absolute Gasteiger partial charge is 0.229 e. The third kappa shape index (κ3) is 6.47. The topological polar surface area (TPSA) is 77.0 Å². The van der Waals surface area contributed by atoms with Crippen LogP contribution in [0.5, 0.6) is 0 Å². The zero-order valence-corrected chi connectivity index (χ0v) is 15.8. The maximum atomic E-state index is 11.8. The fourth-order valence-electron chi connectivity index (χ4n) is 2.97. The highest BCUT2D eigenvalue weighted by molar-refractivity contribution is 5.97. The summed E-state index contributed by atoms with van der Waals surface area (Å²) in [5.41, 5.74) is 0. The largest absolute Gasteiger partial charge is 0.355 e. The van der Waals surface area contributed by atoms with Crippen LogP contribution in [0.4, 0.5) is 0 Å². The van der Waals surface area contributed by atoms with Gasteiger partial charge in [-0.2, -0.15) is 0 Å². The Balaban J connectivity index is 2.32. The summed E-state index contributed by atoms with van der Waals surface area (Å²) in [7, 11) is 1.72. The summed E-state index contributed by atoms with van der Waals surface area (Å²) in [5.74, 6) is 0.556. The molecule has 0 aromatic heterocycles. The van der Waals surface area contributed by atoms with Gasteiger partial charge >= 0.3 is 0 Å². The summed E-state index contributed by atoms with van der Waals surface area (Å²) in [6, 6.07) is 0.996. The van der Waals surface area contributed by atoms with E-state index in [2.05, 4.69) is 48.2 Å². The van der Waals surface area contributed by atoms with Gasteiger partial charge in [-0.1, -0.05) is 0 Å². The molecule has 138 valence electrons. The number of hydrogen-bond acceptors (Lipinski definition) is 4. The van der Waals surface area contributed by atoms with Crippen LogP contribution < -0.4 is 10.6 Å². The molecule has 7 nitrogen and oxygen atoms in total. The van der Waals surface area contributed by atoms with Crippen molar-refractivity contribution in [1.82, 2.24) is 20.4 Å². The second kappa shape index (κ2) is 10.3. The summed E-state index contributed by atoms with van der Waals surface area (Å²) >= 11 is 0. The van der Waals surface area contributed by atoms with Gasteiger partial charge in [-0.3, -0.25) is 24.4 Å². The van der Waals surface area contributed by atoms with Crippen LogP contribution in [0.3, 0.4) is 0 Å². The van der Waals surface area contributed by atoms with Crippen molar-refractivity contribution in [2.24, 2.45) is 4.99 Å². The molecule has 2 N–H and O–H groups in total. The SMILES string of the molecule is CN=C(NCCN1C(=O)CCCC1=O)NCCN(C(C)C)C(C)C. The lowest BCUT2D eigenvalue weighted by Gasteiger charge is -2.30. The maximum Gasteiger partial charge on any atom is 0.229 e. The molecule has 1 rings (SSSR count). The summed E-state index contributed by atoms with van der Waals surface area (Å²) in [4.78, 5) is 31.4. The number of nitrogens with zero attached hydrogens (tertiary/aromatic N) is 3. The molecular formula is C17H33N5O2. The van der Waals surface area contributed by atoms with E-state index in [1.807, 2.05) is 0 Å². The zero-order valence-electron chi connectivity index (χ0n) is 15.8. The van der Waals surface area contributed by atoms with Crippen molar-refractivity contribution in [3.8, 4) is 0 Å². The minimum Gasteiger partial charge on any atom is -0.355 e. The van der Waals surface area contributed by atoms with Gasteiger partial charge in [0.2, 0.25) is 11.8 Å². The Morgan fingerprint density at radius 1 is 1.08 bits per heavy atom. The van der Waals surface area contributed by atoms with Crippen molar-refractivity contribution in [3.05, 3.63) is 0 Å². The van der Waals surface area contributed by atoms with Crippen LogP contribution in [-0.4, -0.2) is 72.9 Å². The standard InChI is InChI=1S/C17H33N5O2/c1-13(2)21(14(3)4)11-9-19-17(18-5)20-10-12-22-15(23)7-6-8-16(22)24/h13-14H,6-12H2,1-5H3,(H2,18,19,20). The minimum absolute atomic E-state index is 0.0690. The van der Waals surface area contributed by atoms with Gasteiger partial charge in [-0.05, 0) is 34.1 Å². The summed E-state index contributed by atoms with van der Waals surface area (Å²) in [6.45, 7) is 11.4. The molecule has 7 heteroatoms. The molecule has 1 aliphatic rings. The monoisotopic (exact) mass is 339 g/mol. The number of likely N-dealkylation sites (tertiary alicyclic amines) is 1. The molecule has 0 radical (unpaired) electrons. The van der Waals surface area contributed by atoms with Gasteiger partial charge in [0.1, 0.15) is 0 Å². The highest BCUT2D eigenvalue weighted by Crippen LogP contribution is 2.11. The van der Waals surface area contributed by atoms with E-state index in [4.69, 9.17) is 0 Å². The van der Waals surface area contributed by atoms with Gasteiger partial charge in [0.15, 0.2) is 5.96 Å². The van der Waals surface area contributed by atoms with Crippen LogP contribution in [0, 0.1) is 0 Å². The molecule has 1 aliphatic heterocycles. The molecule has 0 saturated carbocycles. The molecule has 0 atom stereocenters. The molecule has 0 aliphatic carbocycles. The molecule has 0 unspecified atom stereocenters. The Morgan fingerprint density at radius 2 is 1.62 bits per heavy atom. The number of amides is 2. The summed E-state index contributed by atoms with van der Waals surface area (Å²) in [6.07, 6.45) is 1.62. The zero-order chi connectivity index (χ0) is 18.1. The Morgan fingerprint density at radius 3 is 2.12 bits per heavy atom. The lowest BCUT2D eigenvalue weighted by Crippen LogP contribution is -2.48. The Labute approximate surface area is 145 Å². The maximum absolute atomic E-state index is 11.8. The van der Waals surface area contributed by atoms with Crippen molar-refractivity contribution in [2.45, 2.75) is 59.0 Å².